The van der Waals surface area contributed by atoms with E-state index in [4.69, 9.17) is 0 Å². The van der Waals surface area contributed by atoms with E-state index in [9.17, 15) is 23.3 Å². The highest BCUT2D eigenvalue weighted by molar-refractivity contribution is 7.92. The van der Waals surface area contributed by atoms with Gasteiger partial charge in [0.1, 0.15) is 0 Å². The summed E-state index contributed by atoms with van der Waals surface area (Å²) in [5, 5.41) is 13.7. The van der Waals surface area contributed by atoms with Gasteiger partial charge in [0.15, 0.2) is 0 Å². The van der Waals surface area contributed by atoms with Gasteiger partial charge in [0, 0.05) is 42.5 Å². The molecule has 0 atom stereocenters. The molecule has 0 bridgehead atoms. The maximum atomic E-state index is 12.5. The Morgan fingerprint density at radius 1 is 1.17 bits per heavy atom. The average molecular weight is 435 g/mol. The largest absolute Gasteiger partial charge is 0.351 e. The number of sulfonamides is 1. The number of non-ortho nitro benzene ring substituents is 1. The molecule has 0 radical (unpaired) electrons. The summed E-state index contributed by atoms with van der Waals surface area (Å²) in [6, 6.07) is 11.1. The third-order valence-electron chi connectivity index (χ3n) is 4.56. The highest BCUT2D eigenvalue weighted by atomic mass is 32.2. The minimum atomic E-state index is -4.00. The third-order valence-corrected chi connectivity index (χ3v) is 5.94. The van der Waals surface area contributed by atoms with Crippen LogP contribution in [0.15, 0.2) is 53.4 Å². The second-order valence-electron chi connectivity index (χ2n) is 6.92. The van der Waals surface area contributed by atoms with E-state index in [1.54, 1.807) is 0 Å². The normalized spacial score (nSPS) is 11.5. The molecule has 0 unspecified atom stereocenters. The van der Waals surface area contributed by atoms with Gasteiger partial charge in [-0.1, -0.05) is 13.0 Å². The minimum Gasteiger partial charge on any atom is -0.351 e. The molecule has 10 heteroatoms. The van der Waals surface area contributed by atoms with Crippen LogP contribution >= 0.6 is 0 Å². The molecular formula is C20H26N4O5S. The number of hydrogen-bond donors (Lipinski definition) is 2. The topological polar surface area (TPSA) is 122 Å². The van der Waals surface area contributed by atoms with E-state index < -0.39 is 14.9 Å². The SMILES string of the molecule is CCN(CCNC(=O)c1ccc(NS(=O)(=O)c2cccc([N+](=O)[O-])c2)cc1)C(C)C. The lowest BCUT2D eigenvalue weighted by molar-refractivity contribution is -0.385. The molecule has 0 heterocycles. The van der Waals surface area contributed by atoms with Crippen LogP contribution in [0.4, 0.5) is 11.4 Å². The van der Waals surface area contributed by atoms with Crippen LogP contribution < -0.4 is 10.0 Å². The highest BCUT2D eigenvalue weighted by Gasteiger charge is 2.18. The standard InChI is InChI=1S/C20H26N4O5S/c1-4-23(15(2)3)13-12-21-20(25)16-8-10-17(11-9-16)22-30(28,29)19-7-5-6-18(14-19)24(26)27/h5-11,14-15,22H,4,12-13H2,1-3H3,(H,21,25). The molecule has 0 fully saturated rings. The van der Waals surface area contributed by atoms with Crippen molar-refractivity contribution in [1.29, 1.82) is 0 Å². The molecule has 2 rings (SSSR count). The Bertz CT molecular complexity index is 991. The number of benzene rings is 2. The van der Waals surface area contributed by atoms with Gasteiger partial charge in [-0.2, -0.15) is 0 Å². The van der Waals surface area contributed by atoms with Crippen molar-refractivity contribution in [3.8, 4) is 0 Å². The van der Waals surface area contributed by atoms with E-state index in [1.807, 2.05) is 0 Å². The number of nitrogens with zero attached hydrogens (tertiary/aromatic N) is 2. The van der Waals surface area contributed by atoms with Crippen LogP contribution in [0.3, 0.4) is 0 Å². The molecule has 2 N–H and O–H groups in total. The van der Waals surface area contributed by atoms with Gasteiger partial charge in [-0.15, -0.1) is 0 Å². The lowest BCUT2D eigenvalue weighted by atomic mass is 10.2. The maximum absolute atomic E-state index is 12.5. The van der Waals surface area contributed by atoms with Gasteiger partial charge >= 0.3 is 0 Å². The van der Waals surface area contributed by atoms with E-state index in [2.05, 4.69) is 35.7 Å². The van der Waals surface area contributed by atoms with Crippen LogP contribution in [0, 0.1) is 10.1 Å². The van der Waals surface area contributed by atoms with Crippen LogP contribution in [0.2, 0.25) is 0 Å². The van der Waals surface area contributed by atoms with Crippen molar-refractivity contribution in [3.05, 3.63) is 64.2 Å². The van der Waals surface area contributed by atoms with Crippen molar-refractivity contribution < 1.29 is 18.1 Å². The number of rotatable bonds is 10. The van der Waals surface area contributed by atoms with Gasteiger partial charge < -0.3 is 5.32 Å². The van der Waals surface area contributed by atoms with Crippen molar-refractivity contribution in [2.45, 2.75) is 31.7 Å². The summed E-state index contributed by atoms with van der Waals surface area (Å²) in [4.78, 5) is 24.5. The minimum absolute atomic E-state index is 0.218. The Morgan fingerprint density at radius 3 is 2.40 bits per heavy atom. The second kappa shape index (κ2) is 10.2. The van der Waals surface area contributed by atoms with Crippen molar-refractivity contribution in [1.82, 2.24) is 10.2 Å². The number of nitrogens with one attached hydrogen (secondary N) is 2. The van der Waals surface area contributed by atoms with Crippen LogP contribution in [0.25, 0.3) is 0 Å². The first-order chi connectivity index (χ1) is 14.1. The Morgan fingerprint density at radius 2 is 1.83 bits per heavy atom. The number of amides is 1. The van der Waals surface area contributed by atoms with Gasteiger partial charge in [0.25, 0.3) is 21.6 Å². The van der Waals surface area contributed by atoms with E-state index in [-0.39, 0.29) is 22.2 Å². The summed E-state index contributed by atoms with van der Waals surface area (Å²) in [5.74, 6) is -0.247. The molecule has 0 aromatic heterocycles. The van der Waals surface area contributed by atoms with Crippen molar-refractivity contribution in [2.75, 3.05) is 24.4 Å². The first kappa shape index (κ1) is 23.3. The molecule has 0 saturated carbocycles. The third kappa shape index (κ3) is 6.26. The Kier molecular flexibility index (Phi) is 7.90. The van der Waals surface area contributed by atoms with Crippen LogP contribution in [-0.4, -0.2) is 49.8 Å². The number of likely N-dealkylation sites (N-methyl/N-ethyl adjacent to an activating group) is 1. The Labute approximate surface area is 176 Å². The zero-order chi connectivity index (χ0) is 22.3. The zero-order valence-electron chi connectivity index (χ0n) is 17.2. The average Bonchev–Trinajstić information content (AvgIpc) is 2.71. The molecule has 0 aliphatic heterocycles. The number of hydrogen-bond acceptors (Lipinski definition) is 6. The fourth-order valence-electron chi connectivity index (χ4n) is 2.86. The van der Waals surface area contributed by atoms with Crippen LogP contribution in [0.1, 0.15) is 31.1 Å². The smallest absolute Gasteiger partial charge is 0.270 e. The number of carbonyl (C=O) groups excluding carboxylic acids is 1. The number of anilines is 1. The first-order valence-corrected chi connectivity index (χ1v) is 11.0. The lowest BCUT2D eigenvalue weighted by Gasteiger charge is -2.24. The molecule has 0 aliphatic carbocycles. The predicted octanol–water partition coefficient (Wildman–Crippen LogP) is 2.86. The monoisotopic (exact) mass is 434 g/mol. The van der Waals surface area contributed by atoms with Crippen molar-refractivity contribution in [3.63, 3.8) is 0 Å². The summed E-state index contributed by atoms with van der Waals surface area (Å²) in [7, 11) is -4.00. The molecular weight excluding hydrogens is 408 g/mol. The maximum Gasteiger partial charge on any atom is 0.270 e. The molecule has 162 valence electrons. The number of nitro benzene ring substituents is 1. The van der Waals surface area contributed by atoms with E-state index in [1.165, 1.54) is 42.5 Å². The summed E-state index contributed by atoms with van der Waals surface area (Å²) in [6.07, 6.45) is 0. The Balaban J connectivity index is 2.01. The highest BCUT2D eigenvalue weighted by Crippen LogP contribution is 2.20. The molecule has 1 amide bonds. The lowest BCUT2D eigenvalue weighted by Crippen LogP contribution is -2.38. The van der Waals surface area contributed by atoms with E-state index in [0.717, 1.165) is 19.2 Å². The molecule has 2 aromatic carbocycles. The van der Waals surface area contributed by atoms with Gasteiger partial charge in [0.2, 0.25) is 0 Å². The van der Waals surface area contributed by atoms with E-state index >= 15 is 0 Å². The first-order valence-electron chi connectivity index (χ1n) is 9.53. The fraction of sp³-hybridized carbons (Fsp3) is 0.350. The molecule has 2 aromatic rings. The summed E-state index contributed by atoms with van der Waals surface area (Å²) < 4.78 is 27.3. The van der Waals surface area contributed by atoms with Crippen molar-refractivity contribution >= 4 is 27.3 Å². The molecule has 9 nitrogen and oxygen atoms in total. The van der Waals surface area contributed by atoms with Crippen molar-refractivity contribution in [2.24, 2.45) is 0 Å². The summed E-state index contributed by atoms with van der Waals surface area (Å²) in [6.45, 7) is 8.40. The van der Waals surface area contributed by atoms with Gasteiger partial charge in [-0.25, -0.2) is 8.42 Å². The summed E-state index contributed by atoms with van der Waals surface area (Å²) >= 11 is 0. The van der Waals surface area contributed by atoms with E-state index in [0.29, 0.717) is 18.2 Å². The number of nitro groups is 1. The fourth-order valence-corrected chi connectivity index (χ4v) is 3.96. The molecule has 30 heavy (non-hydrogen) atoms. The molecule has 0 aliphatic rings. The van der Waals surface area contributed by atoms with Gasteiger partial charge in [0.05, 0.1) is 9.82 Å². The molecule has 0 spiro atoms. The summed E-state index contributed by atoms with van der Waals surface area (Å²) in [5.41, 5.74) is 0.333. The number of carbonyl (C=O) groups is 1. The molecule has 0 saturated heterocycles. The second-order valence-corrected chi connectivity index (χ2v) is 8.60. The van der Waals surface area contributed by atoms with Gasteiger partial charge in [-0.05, 0) is 50.7 Å². The van der Waals surface area contributed by atoms with Crippen LogP contribution in [0.5, 0.6) is 0 Å². The Hall–Kier alpha value is -2.98. The van der Waals surface area contributed by atoms with Crippen LogP contribution in [-0.2, 0) is 10.0 Å². The quantitative estimate of drug-likeness (QED) is 0.438. The van der Waals surface area contributed by atoms with Gasteiger partial charge in [-0.3, -0.25) is 24.5 Å². The predicted molar refractivity (Wildman–Crippen MR) is 115 cm³/mol. The zero-order valence-corrected chi connectivity index (χ0v) is 18.0.